The number of aromatic amines is 2. The molecule has 0 atom stereocenters. The summed E-state index contributed by atoms with van der Waals surface area (Å²) in [6, 6.07) is 0. The predicted molar refractivity (Wildman–Crippen MR) is 48.1 cm³/mol. The van der Waals surface area contributed by atoms with Crippen molar-refractivity contribution in [3.63, 3.8) is 0 Å². The van der Waals surface area contributed by atoms with Gasteiger partial charge in [0, 0.05) is 6.20 Å². The number of aromatic carboxylic acids is 1. The van der Waals surface area contributed by atoms with E-state index in [1.807, 2.05) is 0 Å². The van der Waals surface area contributed by atoms with Gasteiger partial charge in [-0.05, 0) is 0 Å². The first-order valence-electron chi connectivity index (χ1n) is 3.70. The Hall–Kier alpha value is -2.31. The number of hydrogen-bond acceptors (Lipinski definition) is 4. The van der Waals surface area contributed by atoms with Gasteiger partial charge in [0.25, 0.3) is 5.56 Å². The number of carbonyl (C=O) groups is 1. The summed E-state index contributed by atoms with van der Waals surface area (Å²) in [7, 11) is 0. The van der Waals surface area contributed by atoms with Gasteiger partial charge in [-0.25, -0.2) is 4.79 Å². The average Bonchev–Trinajstić information content (AvgIpc) is 2.47. The molecule has 0 aliphatic carbocycles. The third kappa shape index (κ3) is 1.03. The number of hydrogen-bond donors (Lipinski definition) is 4. The van der Waals surface area contributed by atoms with Crippen LogP contribution in [0.3, 0.4) is 0 Å². The van der Waals surface area contributed by atoms with Gasteiger partial charge in [-0.15, -0.1) is 0 Å². The Bertz CT molecular complexity index is 568. The topological polar surface area (TPSA) is 125 Å². The fourth-order valence-electron chi connectivity index (χ4n) is 1.23. The van der Waals surface area contributed by atoms with E-state index < -0.39 is 11.5 Å². The quantitative estimate of drug-likeness (QED) is 0.488. The second kappa shape index (κ2) is 2.59. The molecule has 5 N–H and O–H groups in total. The zero-order chi connectivity index (χ0) is 10.3. The van der Waals surface area contributed by atoms with Gasteiger partial charge in [-0.3, -0.25) is 9.78 Å². The Labute approximate surface area is 76.6 Å². The maximum Gasteiger partial charge on any atom is 0.338 e. The van der Waals surface area contributed by atoms with Crippen LogP contribution >= 0.6 is 0 Å². The lowest BCUT2D eigenvalue weighted by atomic mass is 10.2. The minimum absolute atomic E-state index is 0.00620. The van der Waals surface area contributed by atoms with Crippen molar-refractivity contribution in [1.82, 2.24) is 15.0 Å². The number of fused-ring (bicyclic) bond motifs is 1. The molecule has 72 valence electrons. The molecule has 0 aliphatic heterocycles. The van der Waals surface area contributed by atoms with Gasteiger partial charge < -0.3 is 15.8 Å². The number of aromatic nitrogens is 3. The molecule has 7 heteroatoms. The van der Waals surface area contributed by atoms with Crippen LogP contribution in [0.15, 0.2) is 11.0 Å². The molecule has 2 aromatic rings. The van der Waals surface area contributed by atoms with Crippen LogP contribution in [0.1, 0.15) is 10.4 Å². The predicted octanol–water partition coefficient (Wildman–Crippen LogP) is -0.468. The molecule has 14 heavy (non-hydrogen) atoms. The van der Waals surface area contributed by atoms with Gasteiger partial charge in [0.1, 0.15) is 5.65 Å². The van der Waals surface area contributed by atoms with Crippen molar-refractivity contribution in [2.45, 2.75) is 0 Å². The SMILES string of the molecule is Nc1nc2[nH]cc(C(=O)O)c2c(=O)[nH]1. The molecule has 7 nitrogen and oxygen atoms in total. The standard InChI is InChI=1S/C7H6N4O3/c8-7-10-4-3(5(12)11-7)2(1-9-4)6(13)14/h1H,(H,13,14)(H4,8,9,10,11,12). The fourth-order valence-corrected chi connectivity index (χ4v) is 1.23. The summed E-state index contributed by atoms with van der Waals surface area (Å²) < 4.78 is 0. The largest absolute Gasteiger partial charge is 0.478 e. The number of nitrogen functional groups attached to an aromatic ring is 1. The summed E-state index contributed by atoms with van der Waals surface area (Å²) in [5, 5.41) is 8.74. The van der Waals surface area contributed by atoms with Crippen molar-refractivity contribution in [3.05, 3.63) is 22.1 Å². The Morgan fingerprint density at radius 1 is 1.57 bits per heavy atom. The maximum absolute atomic E-state index is 11.3. The zero-order valence-corrected chi connectivity index (χ0v) is 6.87. The second-order valence-corrected chi connectivity index (χ2v) is 2.68. The third-order valence-corrected chi connectivity index (χ3v) is 1.79. The van der Waals surface area contributed by atoms with Gasteiger partial charge in [0.05, 0.1) is 10.9 Å². The first kappa shape index (κ1) is 8.30. The summed E-state index contributed by atoms with van der Waals surface area (Å²) in [5.41, 5.74) is 4.77. The number of rotatable bonds is 1. The first-order valence-corrected chi connectivity index (χ1v) is 3.70. The van der Waals surface area contributed by atoms with Crippen molar-refractivity contribution in [3.8, 4) is 0 Å². The Kier molecular flexibility index (Phi) is 1.53. The van der Waals surface area contributed by atoms with Crippen LogP contribution in [0.4, 0.5) is 5.95 Å². The van der Waals surface area contributed by atoms with Crippen molar-refractivity contribution in [2.75, 3.05) is 5.73 Å². The van der Waals surface area contributed by atoms with Gasteiger partial charge in [-0.1, -0.05) is 0 Å². The van der Waals surface area contributed by atoms with Gasteiger partial charge in [0.15, 0.2) is 0 Å². The molecule has 0 spiro atoms. The summed E-state index contributed by atoms with van der Waals surface area (Å²) in [4.78, 5) is 30.5. The molecular weight excluding hydrogens is 188 g/mol. The minimum atomic E-state index is -1.19. The van der Waals surface area contributed by atoms with Crippen molar-refractivity contribution >= 4 is 23.0 Å². The van der Waals surface area contributed by atoms with Crippen LogP contribution in [0.25, 0.3) is 11.0 Å². The van der Waals surface area contributed by atoms with Crippen molar-refractivity contribution in [2.24, 2.45) is 0 Å². The smallest absolute Gasteiger partial charge is 0.338 e. The monoisotopic (exact) mass is 194 g/mol. The summed E-state index contributed by atoms with van der Waals surface area (Å²) in [6.45, 7) is 0. The van der Waals surface area contributed by atoms with Crippen molar-refractivity contribution < 1.29 is 9.90 Å². The van der Waals surface area contributed by atoms with E-state index in [0.29, 0.717) is 0 Å². The molecule has 0 saturated carbocycles. The molecule has 2 aromatic heterocycles. The average molecular weight is 194 g/mol. The van der Waals surface area contributed by atoms with Crippen LogP contribution in [-0.4, -0.2) is 26.0 Å². The van der Waals surface area contributed by atoms with E-state index >= 15 is 0 Å². The van der Waals surface area contributed by atoms with E-state index in [4.69, 9.17) is 10.8 Å². The van der Waals surface area contributed by atoms with Crippen LogP contribution < -0.4 is 11.3 Å². The second-order valence-electron chi connectivity index (χ2n) is 2.68. The Balaban J connectivity index is 2.93. The van der Waals surface area contributed by atoms with Gasteiger partial charge in [0.2, 0.25) is 5.95 Å². The van der Waals surface area contributed by atoms with Crippen molar-refractivity contribution in [1.29, 1.82) is 0 Å². The molecule has 0 saturated heterocycles. The van der Waals surface area contributed by atoms with Crippen LogP contribution in [-0.2, 0) is 0 Å². The molecule has 2 rings (SSSR count). The first-order chi connectivity index (χ1) is 6.59. The third-order valence-electron chi connectivity index (χ3n) is 1.79. The molecule has 0 fully saturated rings. The number of anilines is 1. The van der Waals surface area contributed by atoms with E-state index in [1.54, 1.807) is 0 Å². The van der Waals surface area contributed by atoms with Gasteiger partial charge >= 0.3 is 5.97 Å². The van der Waals surface area contributed by atoms with E-state index in [1.165, 1.54) is 6.20 Å². The number of carboxylic acids is 1. The minimum Gasteiger partial charge on any atom is -0.478 e. The normalized spacial score (nSPS) is 10.6. The number of H-pyrrole nitrogens is 2. The highest BCUT2D eigenvalue weighted by Crippen LogP contribution is 2.11. The molecule has 0 amide bonds. The number of carboxylic acid groups (broad SMARTS) is 1. The van der Waals surface area contributed by atoms with Crippen LogP contribution in [0.5, 0.6) is 0 Å². The number of nitrogens with one attached hydrogen (secondary N) is 2. The highest BCUT2D eigenvalue weighted by atomic mass is 16.4. The van der Waals surface area contributed by atoms with E-state index in [-0.39, 0.29) is 22.5 Å². The van der Waals surface area contributed by atoms with Crippen LogP contribution in [0.2, 0.25) is 0 Å². The molecule has 2 heterocycles. The van der Waals surface area contributed by atoms with E-state index in [9.17, 15) is 9.59 Å². The molecule has 0 radical (unpaired) electrons. The summed E-state index contributed by atoms with van der Waals surface area (Å²) in [6.07, 6.45) is 1.20. The summed E-state index contributed by atoms with van der Waals surface area (Å²) >= 11 is 0. The highest BCUT2D eigenvalue weighted by Gasteiger charge is 2.14. The molecule has 0 unspecified atom stereocenters. The molecule has 0 aliphatic rings. The number of nitrogens with two attached hydrogens (primary N) is 1. The molecular formula is C7H6N4O3. The molecule has 0 bridgehead atoms. The molecule has 0 aromatic carbocycles. The summed E-state index contributed by atoms with van der Waals surface area (Å²) in [5.74, 6) is -1.24. The van der Waals surface area contributed by atoms with E-state index in [0.717, 1.165) is 0 Å². The maximum atomic E-state index is 11.3. The lowest BCUT2D eigenvalue weighted by Gasteiger charge is -1.92. The lowest BCUT2D eigenvalue weighted by Crippen LogP contribution is -2.12. The Morgan fingerprint density at radius 3 is 2.93 bits per heavy atom. The highest BCUT2D eigenvalue weighted by molar-refractivity contribution is 6.01. The van der Waals surface area contributed by atoms with E-state index in [2.05, 4.69) is 15.0 Å². The lowest BCUT2D eigenvalue weighted by molar-refractivity contribution is 0.0699. The number of nitrogens with zero attached hydrogens (tertiary/aromatic N) is 1. The Morgan fingerprint density at radius 2 is 2.29 bits per heavy atom. The zero-order valence-electron chi connectivity index (χ0n) is 6.87. The van der Waals surface area contributed by atoms with Gasteiger partial charge in [-0.2, -0.15) is 4.98 Å². The van der Waals surface area contributed by atoms with Crippen LogP contribution in [0, 0.1) is 0 Å². The fraction of sp³-hybridized carbons (Fsp3) is 0.